The van der Waals surface area contributed by atoms with Crippen LogP contribution >= 0.6 is 11.3 Å². The smallest absolute Gasteiger partial charge is 0.416 e. The highest BCUT2D eigenvalue weighted by atomic mass is 32.2. The molecule has 5 atom stereocenters. The van der Waals surface area contributed by atoms with Crippen LogP contribution in [0.1, 0.15) is 82.4 Å². The monoisotopic (exact) mass is 765 g/mol. The average Bonchev–Trinajstić information content (AvgIpc) is 3.94. The van der Waals surface area contributed by atoms with Gasteiger partial charge in [0.1, 0.15) is 16.7 Å². The van der Waals surface area contributed by atoms with Gasteiger partial charge in [0.2, 0.25) is 21.8 Å². The first-order valence-electron chi connectivity index (χ1n) is 17.4. The molecule has 1 aliphatic heterocycles. The molecule has 0 saturated heterocycles. The van der Waals surface area contributed by atoms with Crippen molar-refractivity contribution in [1.82, 2.24) is 19.9 Å². The maximum absolute atomic E-state index is 14.0. The van der Waals surface area contributed by atoms with Gasteiger partial charge in [-0.3, -0.25) is 24.4 Å². The molecule has 1 aromatic carbocycles. The fourth-order valence-corrected chi connectivity index (χ4v) is 9.25. The topological polar surface area (TPSA) is 164 Å². The molecule has 3 fully saturated rings. The van der Waals surface area contributed by atoms with Gasteiger partial charge in [0.15, 0.2) is 0 Å². The molecule has 1 aromatic heterocycles. The van der Waals surface area contributed by atoms with E-state index in [1.165, 1.54) is 22.3 Å². The van der Waals surface area contributed by atoms with Gasteiger partial charge in [-0.2, -0.15) is 13.2 Å². The highest BCUT2D eigenvalue weighted by molar-refractivity contribution is 7.91. The van der Waals surface area contributed by atoms with Crippen molar-refractivity contribution in [2.24, 2.45) is 17.8 Å². The lowest BCUT2D eigenvalue weighted by atomic mass is 9.93. The lowest BCUT2D eigenvalue weighted by Gasteiger charge is -2.26. The molecule has 12 nitrogen and oxygen atoms in total. The third kappa shape index (κ3) is 8.14. The summed E-state index contributed by atoms with van der Waals surface area (Å²) in [4.78, 5) is 60.5. The summed E-state index contributed by atoms with van der Waals surface area (Å²) in [5.74, 6) is -4.22. The number of amides is 4. The van der Waals surface area contributed by atoms with Gasteiger partial charge >= 0.3 is 12.3 Å². The number of anilines is 1. The number of aromatic nitrogens is 1. The predicted molar refractivity (Wildman–Crippen MR) is 186 cm³/mol. The summed E-state index contributed by atoms with van der Waals surface area (Å²) in [5, 5.41) is 6.75. The van der Waals surface area contributed by atoms with E-state index in [1.54, 1.807) is 12.4 Å². The second-order valence-corrected chi connectivity index (χ2v) is 17.3. The van der Waals surface area contributed by atoms with Crippen molar-refractivity contribution in [2.45, 2.75) is 94.2 Å². The fraction of sp³-hybridized carbons (Fsp3) is 0.571. The minimum Gasteiger partial charge on any atom is -0.446 e. The minimum atomic E-state index is -4.69. The third-order valence-electron chi connectivity index (χ3n) is 10.2. The number of alkyl halides is 3. The van der Waals surface area contributed by atoms with E-state index in [1.807, 2.05) is 26.0 Å². The molecule has 282 valence electrons. The van der Waals surface area contributed by atoms with Gasteiger partial charge in [-0.1, -0.05) is 26.0 Å². The second-order valence-electron chi connectivity index (χ2n) is 14.5. The van der Waals surface area contributed by atoms with Crippen molar-refractivity contribution >= 4 is 50.9 Å². The van der Waals surface area contributed by atoms with Crippen LogP contribution in [0.2, 0.25) is 0 Å². The van der Waals surface area contributed by atoms with Gasteiger partial charge in [-0.25, -0.2) is 18.2 Å². The highest BCUT2D eigenvalue weighted by Gasteiger charge is 2.62. The van der Waals surface area contributed by atoms with Gasteiger partial charge in [-0.05, 0) is 75.5 Å². The number of hydrogen-bond acceptors (Lipinski definition) is 9. The van der Waals surface area contributed by atoms with Crippen LogP contribution < -0.4 is 15.4 Å². The first kappa shape index (κ1) is 37.8. The Morgan fingerprint density at radius 1 is 1.13 bits per heavy atom. The Balaban J connectivity index is 1.22. The molecule has 6 rings (SSSR count). The van der Waals surface area contributed by atoms with E-state index < -0.39 is 74.3 Å². The normalized spacial score (nSPS) is 27.6. The van der Waals surface area contributed by atoms with E-state index in [4.69, 9.17) is 4.74 Å². The molecule has 3 N–H and O–H groups in total. The molecule has 2 aromatic rings. The molecule has 3 aliphatic carbocycles. The number of hydrogen-bond donors (Lipinski definition) is 3. The molecule has 5 unspecified atom stereocenters. The molecule has 17 heteroatoms. The van der Waals surface area contributed by atoms with Gasteiger partial charge in [0.05, 0.1) is 34.0 Å². The number of benzene rings is 1. The number of halogens is 3. The van der Waals surface area contributed by atoms with E-state index >= 15 is 0 Å². The Bertz CT molecular complexity index is 1880. The van der Waals surface area contributed by atoms with Crippen LogP contribution in [-0.2, 0) is 35.3 Å². The first-order chi connectivity index (χ1) is 24.5. The molecular weight excluding hydrogens is 724 g/mol. The Morgan fingerprint density at radius 3 is 2.54 bits per heavy atom. The quantitative estimate of drug-likeness (QED) is 0.308. The molecular formula is C35H42F3N5O7S2. The zero-order valence-corrected chi connectivity index (χ0v) is 30.6. The van der Waals surface area contributed by atoms with Crippen LogP contribution in [0.25, 0.3) is 10.6 Å². The molecule has 4 amide bonds. The molecule has 0 spiro atoms. The van der Waals surface area contributed by atoms with Crippen molar-refractivity contribution in [3.05, 3.63) is 47.0 Å². The van der Waals surface area contributed by atoms with Crippen LogP contribution in [0, 0.1) is 17.8 Å². The van der Waals surface area contributed by atoms with Gasteiger partial charge < -0.3 is 15.0 Å². The van der Waals surface area contributed by atoms with E-state index in [2.05, 4.69) is 20.3 Å². The second kappa shape index (κ2) is 14.4. The van der Waals surface area contributed by atoms with E-state index in [0.29, 0.717) is 37.2 Å². The van der Waals surface area contributed by atoms with Crippen molar-refractivity contribution < 1.29 is 45.5 Å². The van der Waals surface area contributed by atoms with Gasteiger partial charge in [0.25, 0.3) is 5.91 Å². The molecule has 0 bridgehead atoms. The Morgan fingerprint density at radius 2 is 1.87 bits per heavy atom. The van der Waals surface area contributed by atoms with E-state index in [-0.39, 0.29) is 42.3 Å². The maximum atomic E-state index is 14.0. The SMILES string of the molecule is CC(C)c1csc(-c2ccc(C(F)(F)F)cc2NC(=O)OC2CC3C(=O)NC4(C(=O)NS(=O)(=O)C5CC5)CC4/C=C/CCCCN(C)C(=O)C3C2)n1. The number of sulfonamides is 1. The summed E-state index contributed by atoms with van der Waals surface area (Å²) < 4.78 is 74.3. The van der Waals surface area contributed by atoms with Crippen LogP contribution in [0.4, 0.5) is 23.7 Å². The highest BCUT2D eigenvalue weighted by Crippen LogP contribution is 2.47. The average molecular weight is 766 g/mol. The van der Waals surface area contributed by atoms with Crippen molar-refractivity contribution in [3.63, 3.8) is 0 Å². The number of carbonyl (C=O) groups is 4. The third-order valence-corrected chi connectivity index (χ3v) is 12.9. The molecule has 4 aliphatic rings. The number of rotatable bonds is 7. The number of fused-ring (bicyclic) bond motifs is 2. The van der Waals surface area contributed by atoms with Crippen molar-refractivity contribution in [3.8, 4) is 10.6 Å². The van der Waals surface area contributed by atoms with Crippen molar-refractivity contribution in [2.75, 3.05) is 18.9 Å². The number of carbonyl (C=O) groups excluding carboxylic acids is 4. The van der Waals surface area contributed by atoms with Crippen molar-refractivity contribution in [1.29, 1.82) is 0 Å². The zero-order chi connectivity index (χ0) is 37.6. The summed E-state index contributed by atoms with van der Waals surface area (Å²) in [6.07, 6.45) is -0.0628. The Hall–Kier alpha value is -3.99. The van der Waals surface area contributed by atoms with Crippen LogP contribution in [0.3, 0.4) is 0 Å². The number of nitrogens with one attached hydrogen (secondary N) is 3. The van der Waals surface area contributed by atoms with Gasteiger partial charge in [0, 0.05) is 30.5 Å². The predicted octanol–water partition coefficient (Wildman–Crippen LogP) is 5.58. The lowest BCUT2D eigenvalue weighted by molar-refractivity contribution is -0.140. The molecule has 52 heavy (non-hydrogen) atoms. The minimum absolute atomic E-state index is 0.0487. The Kier molecular flexibility index (Phi) is 10.5. The number of ether oxygens (including phenoxy) is 1. The van der Waals surface area contributed by atoms with E-state index in [0.717, 1.165) is 24.2 Å². The summed E-state index contributed by atoms with van der Waals surface area (Å²) in [5.41, 5.74) is -1.68. The number of allylic oxidation sites excluding steroid dienone is 1. The Labute approximate surface area is 304 Å². The number of thiazole rings is 1. The zero-order valence-electron chi connectivity index (χ0n) is 29.0. The van der Waals surface area contributed by atoms with E-state index in [9.17, 15) is 40.8 Å². The lowest BCUT2D eigenvalue weighted by Crippen LogP contribution is -2.54. The standard InChI is InChI=1S/C35H42F3N5O7S2/c1-19(2)28-18-51-30(39-28)24-12-9-20(35(36,37)38)14-27(24)40-33(47)50-22-15-25-26(16-22)31(45)43(3)13-7-5-4-6-8-21-17-34(21,41-29(25)44)32(46)42-52(48,49)23-10-11-23/h6,8-9,12,14,18-19,21-23,25-26H,4-5,7,10-11,13,15-17H2,1-3H3,(H,40,47)(H,41,44)(H,42,46)/b8-6+. The molecule has 3 saturated carbocycles. The summed E-state index contributed by atoms with van der Waals surface area (Å²) in [6, 6.07) is 2.95. The summed E-state index contributed by atoms with van der Waals surface area (Å²) >= 11 is 1.22. The largest absolute Gasteiger partial charge is 0.446 e. The molecule has 0 radical (unpaired) electrons. The maximum Gasteiger partial charge on any atom is 0.416 e. The van der Waals surface area contributed by atoms with Crippen LogP contribution in [0.5, 0.6) is 0 Å². The van der Waals surface area contributed by atoms with Crippen LogP contribution in [-0.4, -0.2) is 72.6 Å². The summed E-state index contributed by atoms with van der Waals surface area (Å²) in [7, 11) is -2.29. The fourth-order valence-electron chi connectivity index (χ4n) is 6.87. The molecule has 2 heterocycles. The first-order valence-corrected chi connectivity index (χ1v) is 19.9. The van der Waals surface area contributed by atoms with Crippen LogP contribution in [0.15, 0.2) is 35.7 Å². The summed E-state index contributed by atoms with van der Waals surface area (Å²) in [6.45, 7) is 4.28. The van der Waals surface area contributed by atoms with Gasteiger partial charge in [-0.15, -0.1) is 11.3 Å². The number of nitrogens with zero attached hydrogens (tertiary/aromatic N) is 2.